The Balaban J connectivity index is 0.000000150. The van der Waals surface area contributed by atoms with Crippen molar-refractivity contribution in [3.05, 3.63) is 413 Å². The van der Waals surface area contributed by atoms with Gasteiger partial charge in [0.2, 0.25) is 0 Å². The Morgan fingerprint density at radius 3 is 0.860 bits per heavy atom. The van der Waals surface area contributed by atoms with Crippen molar-refractivity contribution in [2.45, 2.75) is 0 Å². The molecule has 100 heavy (non-hydrogen) atoms. The highest BCUT2D eigenvalue weighted by Gasteiger charge is 2.25. The first-order chi connectivity index (χ1) is 49.6. The van der Waals surface area contributed by atoms with E-state index in [1.807, 2.05) is 0 Å². The van der Waals surface area contributed by atoms with Crippen LogP contribution in [0.15, 0.2) is 413 Å². The van der Waals surface area contributed by atoms with E-state index in [0.29, 0.717) is 0 Å². The number of nitrogens with zero attached hydrogens (tertiary/aromatic N) is 4. The van der Waals surface area contributed by atoms with Gasteiger partial charge in [-0.1, -0.05) is 309 Å². The zero-order valence-corrected chi connectivity index (χ0v) is 55.0. The van der Waals surface area contributed by atoms with Gasteiger partial charge in [0.15, 0.2) is 0 Å². The smallest absolute Gasteiger partial charge is 0.0562 e. The molecule has 18 aromatic rings. The van der Waals surface area contributed by atoms with Crippen LogP contribution in [0.5, 0.6) is 0 Å². The molecule has 0 aliphatic carbocycles. The Morgan fingerprint density at radius 1 is 0.180 bits per heavy atom. The van der Waals surface area contributed by atoms with Crippen LogP contribution in [-0.4, -0.2) is 9.13 Å². The molecule has 18 rings (SSSR count). The maximum Gasteiger partial charge on any atom is 0.0562 e. The summed E-state index contributed by atoms with van der Waals surface area (Å²) in [5.41, 5.74) is 28.1. The van der Waals surface area contributed by atoms with Crippen molar-refractivity contribution in [3.63, 3.8) is 0 Å². The second-order valence-corrected chi connectivity index (χ2v) is 25.2. The van der Waals surface area contributed by atoms with Crippen LogP contribution < -0.4 is 9.80 Å². The zero-order chi connectivity index (χ0) is 66.6. The van der Waals surface area contributed by atoms with Crippen molar-refractivity contribution in [1.82, 2.24) is 9.13 Å². The first-order valence-corrected chi connectivity index (χ1v) is 34.2. The Hall–Kier alpha value is -13.3. The summed E-state index contributed by atoms with van der Waals surface area (Å²) in [5, 5.41) is 4.86. The molecule has 0 amide bonds. The predicted octanol–water partition coefficient (Wildman–Crippen LogP) is 26.5. The van der Waals surface area contributed by atoms with Crippen molar-refractivity contribution < 1.29 is 0 Å². The van der Waals surface area contributed by atoms with Gasteiger partial charge in [0.25, 0.3) is 0 Å². The molecular weight excluding hydrogens is 1210 g/mol. The van der Waals surface area contributed by atoms with Crippen LogP contribution in [0.1, 0.15) is 0 Å². The topological polar surface area (TPSA) is 16.3 Å². The van der Waals surface area contributed by atoms with E-state index in [1.54, 1.807) is 0 Å². The van der Waals surface area contributed by atoms with Crippen LogP contribution in [0.4, 0.5) is 34.1 Å². The van der Waals surface area contributed by atoms with E-state index < -0.39 is 0 Å². The second-order valence-electron chi connectivity index (χ2n) is 25.2. The van der Waals surface area contributed by atoms with Crippen LogP contribution in [0.3, 0.4) is 0 Å². The van der Waals surface area contributed by atoms with Gasteiger partial charge >= 0.3 is 0 Å². The van der Waals surface area contributed by atoms with Crippen LogP contribution >= 0.6 is 0 Å². The fraction of sp³-hybridized carbons (Fsp3) is 0. The second kappa shape index (κ2) is 27.1. The molecule has 2 aromatic heterocycles. The minimum atomic E-state index is 1.10. The highest BCUT2D eigenvalue weighted by Crippen LogP contribution is 2.48. The number of para-hydroxylation sites is 3. The number of fused-ring (bicyclic) bond motifs is 6. The Bertz CT molecular complexity index is 5670. The summed E-state index contributed by atoms with van der Waals surface area (Å²) in [6, 6.07) is 148. The van der Waals surface area contributed by atoms with Gasteiger partial charge in [0.05, 0.1) is 39.1 Å². The first-order valence-electron chi connectivity index (χ1n) is 34.2. The lowest BCUT2D eigenvalue weighted by Gasteiger charge is -2.27. The van der Waals surface area contributed by atoms with Crippen molar-refractivity contribution in [3.8, 4) is 78.1 Å². The van der Waals surface area contributed by atoms with Crippen LogP contribution in [-0.2, 0) is 0 Å². The van der Waals surface area contributed by atoms with E-state index in [2.05, 4.69) is 431 Å². The summed E-state index contributed by atoms with van der Waals surface area (Å²) in [4.78, 5) is 4.81. The minimum Gasteiger partial charge on any atom is -0.310 e. The molecule has 0 saturated heterocycles. The van der Waals surface area contributed by atoms with Gasteiger partial charge < -0.3 is 18.9 Å². The lowest BCUT2D eigenvalue weighted by molar-refractivity contribution is 1.18. The molecule has 0 aliphatic heterocycles. The van der Waals surface area contributed by atoms with E-state index >= 15 is 0 Å². The predicted molar refractivity (Wildman–Crippen MR) is 424 cm³/mol. The van der Waals surface area contributed by atoms with Gasteiger partial charge in [-0.05, 0) is 164 Å². The van der Waals surface area contributed by atoms with Gasteiger partial charge in [-0.15, -0.1) is 0 Å². The summed E-state index contributed by atoms with van der Waals surface area (Å²) < 4.78 is 4.85. The number of hydrogen-bond donors (Lipinski definition) is 0. The number of aromatic nitrogens is 2. The Labute approximate surface area is 583 Å². The molecule has 4 nitrogen and oxygen atoms in total. The minimum absolute atomic E-state index is 1.10. The SMILES string of the molecule is c1ccc(-c2ccc(N(c3ccc(-c4ccccc4)cc3)c3cccc4c3c3ccccc3n4-c3cccc(-c4ccccc4)c3)cc2)cc1.c1ccc(-c2ccc(N(c3ccc(-c4ccccc4)cc3)c3cccc4c3c3ccccc3n4-c3ccccc3-c3ccccc3)cc2)cc1. The molecule has 4 heteroatoms. The maximum absolute atomic E-state index is 2.44. The van der Waals surface area contributed by atoms with Gasteiger partial charge in [-0.25, -0.2) is 0 Å². The van der Waals surface area contributed by atoms with Gasteiger partial charge in [0, 0.05) is 55.5 Å². The van der Waals surface area contributed by atoms with E-state index in [0.717, 1.165) is 45.5 Å². The highest BCUT2D eigenvalue weighted by molar-refractivity contribution is 6.18. The molecule has 0 N–H and O–H groups in total. The van der Waals surface area contributed by atoms with Gasteiger partial charge in [0.1, 0.15) is 0 Å². The summed E-state index contributed by atoms with van der Waals surface area (Å²) in [6.45, 7) is 0. The zero-order valence-electron chi connectivity index (χ0n) is 55.0. The largest absolute Gasteiger partial charge is 0.310 e. The van der Waals surface area contributed by atoms with Gasteiger partial charge in [-0.3, -0.25) is 0 Å². The normalized spacial score (nSPS) is 11.2. The first kappa shape index (κ1) is 60.4. The molecule has 0 saturated carbocycles. The quantitative estimate of drug-likeness (QED) is 0.108. The summed E-state index contributed by atoms with van der Waals surface area (Å²) in [6.07, 6.45) is 0. The lowest BCUT2D eigenvalue weighted by Crippen LogP contribution is -2.10. The monoisotopic (exact) mass is 1280 g/mol. The lowest BCUT2D eigenvalue weighted by atomic mass is 10.0. The fourth-order valence-corrected chi connectivity index (χ4v) is 14.5. The Morgan fingerprint density at radius 2 is 0.460 bits per heavy atom. The summed E-state index contributed by atoms with van der Waals surface area (Å²) in [5.74, 6) is 0. The molecule has 16 aromatic carbocycles. The third-order valence-electron chi connectivity index (χ3n) is 19.2. The van der Waals surface area contributed by atoms with Crippen molar-refractivity contribution in [2.24, 2.45) is 0 Å². The molecular formula is C96H68N4. The molecule has 0 unspecified atom stereocenters. The number of rotatable bonds is 14. The van der Waals surface area contributed by atoms with Crippen molar-refractivity contribution in [1.29, 1.82) is 0 Å². The number of anilines is 6. The van der Waals surface area contributed by atoms with E-state index in [4.69, 9.17) is 0 Å². The Kier molecular flexibility index (Phi) is 16.4. The molecule has 0 atom stereocenters. The molecule has 472 valence electrons. The summed E-state index contributed by atoms with van der Waals surface area (Å²) >= 11 is 0. The third kappa shape index (κ3) is 11.7. The average molecular weight is 1280 g/mol. The molecule has 0 radical (unpaired) electrons. The van der Waals surface area contributed by atoms with Crippen molar-refractivity contribution >= 4 is 77.7 Å². The standard InChI is InChI=1S/2C48H34N2/c1-4-15-35(16-5-1)37-27-31-40(32-28-37)49(41-33-29-38(30-34-41)36-17-6-2-7-18-36)46-25-14-26-47-48(46)43-22-11-13-24-45(43)50(47)44-23-12-10-21-42(44)39-19-8-3-9-20-39;1-4-14-35(15-5-1)38-26-30-41(31-27-38)49(42-32-28-39(29-33-42)36-16-6-2-7-17-36)46-24-13-25-47-48(46)44-22-10-11-23-45(44)50(47)43-21-12-20-40(34-43)37-18-8-3-9-19-37/h2*1-34H. The average Bonchev–Trinajstić information content (AvgIpc) is 1.58. The summed E-state index contributed by atoms with van der Waals surface area (Å²) in [7, 11) is 0. The van der Waals surface area contributed by atoms with Crippen LogP contribution in [0.2, 0.25) is 0 Å². The highest BCUT2D eigenvalue weighted by atomic mass is 15.2. The van der Waals surface area contributed by atoms with E-state index in [-0.39, 0.29) is 0 Å². The molecule has 0 fully saturated rings. The maximum atomic E-state index is 2.44. The fourth-order valence-electron chi connectivity index (χ4n) is 14.5. The number of benzene rings is 16. The molecule has 0 aliphatic rings. The van der Waals surface area contributed by atoms with Crippen LogP contribution in [0, 0.1) is 0 Å². The van der Waals surface area contributed by atoms with E-state index in [1.165, 1.54) is 110 Å². The van der Waals surface area contributed by atoms with Gasteiger partial charge in [-0.2, -0.15) is 0 Å². The third-order valence-corrected chi connectivity index (χ3v) is 19.2. The number of hydrogen-bond acceptors (Lipinski definition) is 2. The van der Waals surface area contributed by atoms with Crippen molar-refractivity contribution in [2.75, 3.05) is 9.80 Å². The molecule has 2 heterocycles. The molecule has 0 spiro atoms. The molecule has 0 bridgehead atoms. The van der Waals surface area contributed by atoms with Crippen LogP contribution in [0.25, 0.3) is 122 Å². The van der Waals surface area contributed by atoms with E-state index in [9.17, 15) is 0 Å².